The average Bonchev–Trinajstić information content (AvgIpc) is 3.42. The van der Waals surface area contributed by atoms with E-state index in [0.29, 0.717) is 11.8 Å². The summed E-state index contributed by atoms with van der Waals surface area (Å²) in [6, 6.07) is 0. The maximum atomic E-state index is 12.6. The van der Waals surface area contributed by atoms with Gasteiger partial charge in [0.15, 0.2) is 0 Å². The molecule has 0 heterocycles. The van der Waals surface area contributed by atoms with Gasteiger partial charge in [0.05, 0.1) is 17.3 Å². The van der Waals surface area contributed by atoms with Gasteiger partial charge >= 0.3 is 5.97 Å². The fraction of sp³-hybridized carbons (Fsp3) is 0.893. The number of hydrogen-bond donors (Lipinski definition) is 1. The molecule has 0 aromatic carbocycles. The molecule has 33 heavy (non-hydrogen) atoms. The van der Waals surface area contributed by atoms with E-state index in [9.17, 15) is 9.90 Å². The second-order valence-corrected chi connectivity index (χ2v) is 13.4. The van der Waals surface area contributed by atoms with Gasteiger partial charge < -0.3 is 14.6 Å². The van der Waals surface area contributed by atoms with Crippen LogP contribution in [0.1, 0.15) is 94.4 Å². The van der Waals surface area contributed by atoms with E-state index in [1.54, 1.807) is 0 Å². The molecule has 0 radical (unpaired) electrons. The Morgan fingerprint density at radius 1 is 1.27 bits per heavy atom. The van der Waals surface area contributed by atoms with Crippen LogP contribution in [0, 0.1) is 34.5 Å². The Labute approximate surface area is 203 Å². The second kappa shape index (κ2) is 8.04. The molecule has 0 saturated heterocycles. The van der Waals surface area contributed by atoms with Crippen molar-refractivity contribution in [1.29, 1.82) is 0 Å². The molecule has 0 aliphatic heterocycles. The third-order valence-electron chi connectivity index (χ3n) is 10.7. The Hall–Kier alpha value is -0.440. The van der Waals surface area contributed by atoms with Crippen LogP contribution in [-0.4, -0.2) is 40.1 Å². The number of hydrogen-bond acceptors (Lipinski definition) is 4. The standard InChI is InChI=1S/C28H47O4P/c1-10-27(32-15(2)3)17(5)13-20-14-26(20)18(6)22(31-19(7)29)21-16(4)11-12-28(30,25(21,8)9)24(33)23(26)27/h15,17-18,20,22-24,30H,10-14,33H2,1-9H3/t17-,18?,20-,22+,23-,24?,26-,27?,28-/m1/s1. The van der Waals surface area contributed by atoms with Crippen molar-refractivity contribution >= 4 is 15.2 Å². The Kier molecular flexibility index (Phi) is 6.25. The molecule has 0 amide bonds. The van der Waals surface area contributed by atoms with Gasteiger partial charge in [0.25, 0.3) is 0 Å². The first kappa shape index (κ1) is 25.6. The van der Waals surface area contributed by atoms with Gasteiger partial charge in [0, 0.05) is 29.8 Å². The van der Waals surface area contributed by atoms with E-state index >= 15 is 0 Å². The normalized spacial score (nSPS) is 48.5. The van der Waals surface area contributed by atoms with E-state index in [2.05, 4.69) is 64.6 Å². The van der Waals surface area contributed by atoms with E-state index in [0.717, 1.165) is 37.7 Å². The Morgan fingerprint density at radius 2 is 1.91 bits per heavy atom. The molecule has 0 aromatic heterocycles. The summed E-state index contributed by atoms with van der Waals surface area (Å²) < 4.78 is 13.2. The lowest BCUT2D eigenvalue weighted by Gasteiger charge is -2.64. The molecule has 0 aromatic rings. The van der Waals surface area contributed by atoms with Crippen LogP contribution < -0.4 is 0 Å². The highest BCUT2D eigenvalue weighted by molar-refractivity contribution is 7.17. The number of esters is 1. The van der Waals surface area contributed by atoms with Crippen LogP contribution in [0.3, 0.4) is 0 Å². The fourth-order valence-corrected chi connectivity index (χ4v) is 10.4. The van der Waals surface area contributed by atoms with Crippen molar-refractivity contribution in [3.8, 4) is 0 Å². The lowest BCUT2D eigenvalue weighted by Crippen LogP contribution is -2.69. The minimum Gasteiger partial charge on any atom is -0.458 e. The van der Waals surface area contributed by atoms with Crippen molar-refractivity contribution in [1.82, 2.24) is 0 Å². The van der Waals surface area contributed by atoms with Crippen molar-refractivity contribution < 1.29 is 19.4 Å². The summed E-state index contributed by atoms with van der Waals surface area (Å²) >= 11 is 0. The number of fused-ring (bicyclic) bond motifs is 2. The highest BCUT2D eigenvalue weighted by Crippen LogP contribution is 2.77. The van der Waals surface area contributed by atoms with Crippen LogP contribution in [0.5, 0.6) is 0 Å². The molecule has 5 heteroatoms. The summed E-state index contributed by atoms with van der Waals surface area (Å²) in [5.41, 5.74) is 0.752. The van der Waals surface area contributed by atoms with Gasteiger partial charge in [-0.1, -0.05) is 40.2 Å². The van der Waals surface area contributed by atoms with Crippen LogP contribution in [-0.2, 0) is 14.3 Å². The smallest absolute Gasteiger partial charge is 0.303 e. The summed E-state index contributed by atoms with van der Waals surface area (Å²) in [6.07, 6.45) is 4.61. The first-order valence-electron chi connectivity index (χ1n) is 13.2. The SMILES string of the molecule is CCC1(OC(C)C)[C@H](C)C[C@@H]2C[C@@]23C(C)[C@H](OC(C)=O)C2=C(C)CC[C@@](O)(C(P)[C@@H]13)C2(C)C. The Morgan fingerprint density at radius 3 is 2.45 bits per heavy atom. The number of carbonyl (C=O) groups is 1. The van der Waals surface area contributed by atoms with Crippen molar-refractivity contribution in [2.45, 2.75) is 123 Å². The monoisotopic (exact) mass is 478 g/mol. The molecule has 4 aliphatic rings. The molecule has 4 aliphatic carbocycles. The lowest BCUT2D eigenvalue weighted by molar-refractivity contribution is -0.223. The third-order valence-corrected chi connectivity index (χ3v) is 11.6. The van der Waals surface area contributed by atoms with Gasteiger partial charge in [-0.25, -0.2) is 0 Å². The van der Waals surface area contributed by atoms with Gasteiger partial charge in [0.1, 0.15) is 6.10 Å². The van der Waals surface area contributed by atoms with Gasteiger partial charge in [-0.2, -0.15) is 0 Å². The molecule has 188 valence electrons. The molecular weight excluding hydrogens is 431 g/mol. The number of allylic oxidation sites excluding steroid dienone is 1. The molecule has 1 N–H and O–H groups in total. The van der Waals surface area contributed by atoms with Crippen molar-refractivity contribution in [3.05, 3.63) is 11.1 Å². The van der Waals surface area contributed by atoms with E-state index in [1.165, 1.54) is 12.5 Å². The van der Waals surface area contributed by atoms with Crippen LogP contribution >= 0.6 is 9.24 Å². The van der Waals surface area contributed by atoms with Crippen LogP contribution in [0.15, 0.2) is 11.1 Å². The Balaban J connectivity index is 2.00. The third kappa shape index (κ3) is 3.29. The molecule has 1 spiro atoms. The molecule has 2 bridgehead atoms. The predicted molar refractivity (Wildman–Crippen MR) is 136 cm³/mol. The molecule has 4 unspecified atom stereocenters. The van der Waals surface area contributed by atoms with Crippen molar-refractivity contribution in [3.63, 3.8) is 0 Å². The van der Waals surface area contributed by atoms with Crippen molar-refractivity contribution in [2.75, 3.05) is 0 Å². The summed E-state index contributed by atoms with van der Waals surface area (Å²) in [6.45, 7) is 19.3. The largest absolute Gasteiger partial charge is 0.458 e. The molecule has 10 atom stereocenters. The second-order valence-electron chi connectivity index (χ2n) is 12.7. The van der Waals surface area contributed by atoms with Crippen molar-refractivity contribution in [2.24, 2.45) is 34.5 Å². The minimum absolute atomic E-state index is 0.00257. The fourth-order valence-electron chi connectivity index (χ4n) is 9.12. The average molecular weight is 479 g/mol. The summed E-state index contributed by atoms with van der Waals surface area (Å²) in [4.78, 5) is 12.4. The van der Waals surface area contributed by atoms with Gasteiger partial charge in [-0.3, -0.25) is 4.79 Å². The zero-order valence-electron chi connectivity index (χ0n) is 22.3. The molecular formula is C28H47O4P. The maximum absolute atomic E-state index is 12.6. The van der Waals surface area contributed by atoms with Gasteiger partial charge in [-0.05, 0) is 75.7 Å². The number of carbonyl (C=O) groups excluding carboxylic acids is 1. The van der Waals surface area contributed by atoms with Gasteiger partial charge in [-0.15, -0.1) is 9.24 Å². The molecule has 3 saturated carbocycles. The maximum Gasteiger partial charge on any atom is 0.303 e. The molecule has 3 fully saturated rings. The summed E-state index contributed by atoms with van der Waals surface area (Å²) in [5.74, 6) is 1.16. The zero-order valence-corrected chi connectivity index (χ0v) is 23.5. The Bertz CT molecular complexity index is 849. The number of rotatable bonds is 4. The van der Waals surface area contributed by atoms with Gasteiger partial charge in [0.2, 0.25) is 0 Å². The molecule has 4 nitrogen and oxygen atoms in total. The van der Waals surface area contributed by atoms with E-state index < -0.39 is 11.0 Å². The zero-order chi connectivity index (χ0) is 24.7. The highest BCUT2D eigenvalue weighted by atomic mass is 31.0. The molecule has 4 rings (SSSR count). The van der Waals surface area contributed by atoms with Crippen LogP contribution in [0.25, 0.3) is 0 Å². The summed E-state index contributed by atoms with van der Waals surface area (Å²) in [7, 11) is 3.15. The number of aliphatic hydroxyl groups is 1. The number of ether oxygens (including phenoxy) is 2. The minimum atomic E-state index is -0.909. The van der Waals surface area contributed by atoms with Crippen LogP contribution in [0.2, 0.25) is 0 Å². The first-order chi connectivity index (χ1) is 15.2. The topological polar surface area (TPSA) is 55.8 Å². The quantitative estimate of drug-likeness (QED) is 0.310. The van der Waals surface area contributed by atoms with E-state index in [1.807, 2.05) is 0 Å². The first-order valence-corrected chi connectivity index (χ1v) is 13.9. The summed E-state index contributed by atoms with van der Waals surface area (Å²) in [5, 5.41) is 12.6. The lowest BCUT2D eigenvalue weighted by atomic mass is 9.47. The highest BCUT2D eigenvalue weighted by Gasteiger charge is 2.77. The predicted octanol–water partition coefficient (Wildman–Crippen LogP) is 5.92. The van der Waals surface area contributed by atoms with E-state index in [4.69, 9.17) is 9.47 Å². The van der Waals surface area contributed by atoms with Crippen LogP contribution in [0.4, 0.5) is 0 Å². The van der Waals surface area contributed by atoms with E-state index in [-0.39, 0.29) is 46.7 Å².